The number of aryl methyl sites for hydroxylation is 1. The summed E-state index contributed by atoms with van der Waals surface area (Å²) >= 11 is 5.99. The highest BCUT2D eigenvalue weighted by Crippen LogP contribution is 2.25. The van der Waals surface area contributed by atoms with Crippen LogP contribution in [0.2, 0.25) is 5.02 Å². The van der Waals surface area contributed by atoms with Gasteiger partial charge in [-0.2, -0.15) is 5.10 Å². The van der Waals surface area contributed by atoms with Crippen molar-refractivity contribution < 1.29 is 0 Å². The molecule has 0 N–H and O–H groups in total. The second kappa shape index (κ2) is 7.50. The van der Waals surface area contributed by atoms with Crippen LogP contribution in [0.1, 0.15) is 5.56 Å². The molecule has 7 nitrogen and oxygen atoms in total. The SMILES string of the molecule is Cn1cc(-c2cnc3c(N4CCN(Cc5ccc(Cl)cc5)CC4)nccn23)cn1. The molecule has 5 rings (SSSR count). The fourth-order valence-corrected chi connectivity index (χ4v) is 3.99. The Morgan fingerprint density at radius 2 is 1.79 bits per heavy atom. The highest BCUT2D eigenvalue weighted by Gasteiger charge is 2.21. The number of imidazole rings is 1. The zero-order valence-electron chi connectivity index (χ0n) is 16.2. The maximum atomic E-state index is 5.99. The third-order valence-electron chi connectivity index (χ3n) is 5.40. The van der Waals surface area contributed by atoms with Crippen LogP contribution in [0.15, 0.2) is 55.2 Å². The second-order valence-electron chi connectivity index (χ2n) is 7.38. The lowest BCUT2D eigenvalue weighted by Gasteiger charge is -2.35. The molecular weight excluding hydrogens is 386 g/mol. The van der Waals surface area contributed by atoms with E-state index in [4.69, 9.17) is 11.6 Å². The molecule has 1 aliphatic rings. The maximum Gasteiger partial charge on any atom is 0.180 e. The molecule has 0 amide bonds. The molecule has 1 saturated heterocycles. The van der Waals surface area contributed by atoms with Gasteiger partial charge in [0, 0.05) is 68.9 Å². The second-order valence-corrected chi connectivity index (χ2v) is 7.82. The van der Waals surface area contributed by atoms with Gasteiger partial charge in [0.15, 0.2) is 11.5 Å². The van der Waals surface area contributed by atoms with Crippen LogP contribution in [0.4, 0.5) is 5.82 Å². The lowest BCUT2D eigenvalue weighted by atomic mass is 10.2. The van der Waals surface area contributed by atoms with Crippen LogP contribution < -0.4 is 4.90 Å². The molecule has 4 heterocycles. The van der Waals surface area contributed by atoms with Crippen LogP contribution >= 0.6 is 11.6 Å². The van der Waals surface area contributed by atoms with E-state index in [1.165, 1.54) is 5.56 Å². The molecule has 4 aromatic rings. The standard InChI is InChI=1S/C21H22ClN7/c1-26-15-17(12-25-26)19-13-24-21-20(23-6-7-29(19)21)28-10-8-27(9-11-28)14-16-2-4-18(22)5-3-16/h2-7,12-13,15H,8-11,14H2,1H3. The van der Waals surface area contributed by atoms with Crippen molar-refractivity contribution in [1.29, 1.82) is 0 Å². The van der Waals surface area contributed by atoms with Crippen LogP contribution in [0, 0.1) is 0 Å². The average Bonchev–Trinajstić information content (AvgIpc) is 3.36. The van der Waals surface area contributed by atoms with Crippen LogP contribution in [-0.4, -0.2) is 55.2 Å². The fraction of sp³-hybridized carbons (Fsp3) is 0.286. The van der Waals surface area contributed by atoms with Gasteiger partial charge in [-0.25, -0.2) is 9.97 Å². The van der Waals surface area contributed by atoms with Gasteiger partial charge in [0.25, 0.3) is 0 Å². The molecule has 1 aromatic carbocycles. The Labute approximate surface area is 174 Å². The van der Waals surface area contributed by atoms with Crippen molar-refractivity contribution in [3.63, 3.8) is 0 Å². The van der Waals surface area contributed by atoms with Crippen molar-refractivity contribution in [2.75, 3.05) is 31.1 Å². The molecule has 0 atom stereocenters. The zero-order valence-corrected chi connectivity index (χ0v) is 17.0. The minimum Gasteiger partial charge on any atom is -0.351 e. The molecular formula is C21H22ClN7. The van der Waals surface area contributed by atoms with E-state index in [2.05, 4.69) is 41.4 Å². The molecule has 8 heteroatoms. The number of nitrogens with zero attached hydrogens (tertiary/aromatic N) is 7. The van der Waals surface area contributed by atoms with Crippen molar-refractivity contribution in [3.05, 3.63) is 65.8 Å². The topological polar surface area (TPSA) is 54.5 Å². The number of anilines is 1. The van der Waals surface area contributed by atoms with Crippen molar-refractivity contribution in [2.24, 2.45) is 7.05 Å². The first-order valence-corrected chi connectivity index (χ1v) is 10.1. The Morgan fingerprint density at radius 1 is 1.00 bits per heavy atom. The third kappa shape index (κ3) is 3.59. The Balaban J connectivity index is 1.33. The first kappa shape index (κ1) is 18.1. The van der Waals surface area contributed by atoms with Crippen LogP contribution in [0.3, 0.4) is 0 Å². The number of benzene rings is 1. The van der Waals surface area contributed by atoms with Crippen molar-refractivity contribution in [1.82, 2.24) is 29.0 Å². The number of aromatic nitrogens is 5. The first-order chi connectivity index (χ1) is 14.2. The fourth-order valence-electron chi connectivity index (χ4n) is 3.86. The molecule has 0 saturated carbocycles. The van der Waals surface area contributed by atoms with E-state index in [0.29, 0.717) is 0 Å². The Bertz CT molecular complexity index is 1120. The Hall–Kier alpha value is -2.90. The molecule has 0 spiro atoms. The Morgan fingerprint density at radius 3 is 2.52 bits per heavy atom. The molecule has 3 aromatic heterocycles. The van der Waals surface area contributed by atoms with E-state index >= 15 is 0 Å². The largest absolute Gasteiger partial charge is 0.351 e. The van der Waals surface area contributed by atoms with Gasteiger partial charge in [-0.15, -0.1) is 0 Å². The van der Waals surface area contributed by atoms with E-state index in [0.717, 1.165) is 60.5 Å². The highest BCUT2D eigenvalue weighted by molar-refractivity contribution is 6.30. The summed E-state index contributed by atoms with van der Waals surface area (Å²) in [6.45, 7) is 4.77. The van der Waals surface area contributed by atoms with Gasteiger partial charge in [0.05, 0.1) is 18.1 Å². The van der Waals surface area contributed by atoms with Crippen LogP contribution in [0.5, 0.6) is 0 Å². The summed E-state index contributed by atoms with van der Waals surface area (Å²) in [7, 11) is 1.92. The number of hydrogen-bond donors (Lipinski definition) is 0. The minimum absolute atomic E-state index is 0.781. The summed E-state index contributed by atoms with van der Waals surface area (Å²) < 4.78 is 3.90. The van der Waals surface area contributed by atoms with Crippen molar-refractivity contribution >= 4 is 23.1 Å². The van der Waals surface area contributed by atoms with E-state index in [-0.39, 0.29) is 0 Å². The first-order valence-electron chi connectivity index (χ1n) is 9.70. The van der Waals surface area contributed by atoms with Crippen LogP contribution in [0.25, 0.3) is 16.9 Å². The van der Waals surface area contributed by atoms with E-state index in [1.807, 2.05) is 50.2 Å². The summed E-state index contributed by atoms with van der Waals surface area (Å²) in [5, 5.41) is 5.06. The molecule has 1 fully saturated rings. The van der Waals surface area contributed by atoms with Crippen molar-refractivity contribution in [2.45, 2.75) is 6.54 Å². The molecule has 0 aliphatic carbocycles. The quantitative estimate of drug-likeness (QED) is 0.520. The Kier molecular flexibility index (Phi) is 4.69. The van der Waals surface area contributed by atoms with Gasteiger partial charge in [-0.05, 0) is 17.7 Å². The molecule has 0 unspecified atom stereocenters. The molecule has 29 heavy (non-hydrogen) atoms. The molecule has 0 bridgehead atoms. The van der Waals surface area contributed by atoms with Gasteiger partial charge in [0.2, 0.25) is 0 Å². The molecule has 0 radical (unpaired) electrons. The average molecular weight is 408 g/mol. The summed E-state index contributed by atoms with van der Waals surface area (Å²) in [5.41, 5.74) is 4.25. The van der Waals surface area contributed by atoms with Gasteiger partial charge in [-0.3, -0.25) is 14.0 Å². The number of fused-ring (bicyclic) bond motifs is 1. The number of hydrogen-bond acceptors (Lipinski definition) is 5. The summed E-state index contributed by atoms with van der Waals surface area (Å²) in [6, 6.07) is 8.11. The summed E-state index contributed by atoms with van der Waals surface area (Å²) in [5.74, 6) is 0.939. The van der Waals surface area contributed by atoms with Gasteiger partial charge < -0.3 is 4.90 Å². The normalized spacial score (nSPS) is 15.3. The van der Waals surface area contributed by atoms with Gasteiger partial charge in [0.1, 0.15) is 0 Å². The highest BCUT2D eigenvalue weighted by atomic mass is 35.5. The number of halogens is 1. The molecule has 148 valence electrons. The third-order valence-corrected chi connectivity index (χ3v) is 5.65. The van der Waals surface area contributed by atoms with E-state index in [1.54, 1.807) is 4.68 Å². The van der Waals surface area contributed by atoms with Crippen molar-refractivity contribution in [3.8, 4) is 11.3 Å². The van der Waals surface area contributed by atoms with E-state index < -0.39 is 0 Å². The predicted octanol–water partition coefficient (Wildman–Crippen LogP) is 3.11. The lowest BCUT2D eigenvalue weighted by Crippen LogP contribution is -2.46. The van der Waals surface area contributed by atoms with E-state index in [9.17, 15) is 0 Å². The van der Waals surface area contributed by atoms with Gasteiger partial charge >= 0.3 is 0 Å². The zero-order chi connectivity index (χ0) is 19.8. The smallest absolute Gasteiger partial charge is 0.180 e. The monoisotopic (exact) mass is 407 g/mol. The van der Waals surface area contributed by atoms with Crippen LogP contribution in [-0.2, 0) is 13.6 Å². The summed E-state index contributed by atoms with van der Waals surface area (Å²) in [6.07, 6.45) is 9.57. The maximum absolute atomic E-state index is 5.99. The predicted molar refractivity (Wildman–Crippen MR) is 114 cm³/mol. The molecule has 1 aliphatic heterocycles. The van der Waals surface area contributed by atoms with Gasteiger partial charge in [-0.1, -0.05) is 23.7 Å². The summed E-state index contributed by atoms with van der Waals surface area (Å²) in [4.78, 5) is 14.1. The lowest BCUT2D eigenvalue weighted by molar-refractivity contribution is 0.249. The number of piperazine rings is 1. The minimum atomic E-state index is 0.781. The number of rotatable bonds is 4.